The number of amides is 1. The summed E-state index contributed by atoms with van der Waals surface area (Å²) in [6, 6.07) is 14.2. The average molecular weight is 255 g/mol. The second-order valence-electron chi connectivity index (χ2n) is 4.40. The molecule has 0 unspecified atom stereocenters. The Bertz CT molecular complexity index is 636. The molecule has 0 fully saturated rings. The van der Waals surface area contributed by atoms with Crippen LogP contribution in [-0.2, 0) is 4.79 Å². The number of aryl methyl sites for hydroxylation is 1. The van der Waals surface area contributed by atoms with E-state index in [2.05, 4.69) is 19.1 Å². The number of rotatable bonds is 0. The number of carbonyl (C=O) groups excluding carboxylic acids is 1. The number of para-hydroxylation sites is 1. The van der Waals surface area contributed by atoms with Gasteiger partial charge in [0.15, 0.2) is 0 Å². The van der Waals surface area contributed by atoms with Gasteiger partial charge in [0.1, 0.15) is 0 Å². The Labute approximate surface area is 111 Å². The van der Waals surface area contributed by atoms with Crippen LogP contribution in [0.15, 0.2) is 52.3 Å². The molecule has 0 radical (unpaired) electrons. The van der Waals surface area contributed by atoms with Crippen LogP contribution in [-0.4, -0.2) is 5.91 Å². The predicted octanol–water partition coefficient (Wildman–Crippen LogP) is 4.14. The summed E-state index contributed by atoms with van der Waals surface area (Å²) in [5, 5.41) is 0. The largest absolute Gasteiger partial charge is 0.279 e. The van der Waals surface area contributed by atoms with Gasteiger partial charge in [-0.3, -0.25) is 9.69 Å². The number of carbonyl (C=O) groups is 1. The second-order valence-corrected chi connectivity index (χ2v) is 5.48. The maximum atomic E-state index is 11.9. The number of hydrogen-bond donors (Lipinski definition) is 0. The van der Waals surface area contributed by atoms with Crippen LogP contribution in [0, 0.1) is 6.92 Å². The smallest absolute Gasteiger partial charge is 0.228 e. The summed E-state index contributed by atoms with van der Waals surface area (Å²) in [6.45, 7) is 3.68. The van der Waals surface area contributed by atoms with Crippen LogP contribution in [0.2, 0.25) is 0 Å². The Balaban J connectivity index is 2.23. The molecule has 3 rings (SSSR count). The number of anilines is 2. The standard InChI is InChI=1S/C15H13NOS/c1-10-7-8-13-15(9-10)18-14-6-4-3-5-12(14)16(13)11(2)17/h3-9H,1-2H3. The SMILES string of the molecule is CC(=O)N1c2ccccc2Sc2cc(C)ccc21. The molecular formula is C15H13NOS. The Morgan fingerprint density at radius 1 is 1.06 bits per heavy atom. The highest BCUT2D eigenvalue weighted by Gasteiger charge is 2.25. The fourth-order valence-corrected chi connectivity index (χ4v) is 3.36. The highest BCUT2D eigenvalue weighted by molar-refractivity contribution is 7.99. The van der Waals surface area contributed by atoms with Gasteiger partial charge in [0, 0.05) is 16.7 Å². The number of nitrogens with zero attached hydrogens (tertiary/aromatic N) is 1. The molecule has 2 aromatic rings. The third kappa shape index (κ3) is 1.71. The van der Waals surface area contributed by atoms with Crippen LogP contribution in [0.1, 0.15) is 12.5 Å². The molecule has 0 aromatic heterocycles. The molecule has 0 atom stereocenters. The molecule has 18 heavy (non-hydrogen) atoms. The molecule has 0 saturated heterocycles. The lowest BCUT2D eigenvalue weighted by molar-refractivity contribution is -0.115. The van der Waals surface area contributed by atoms with E-state index in [0.717, 1.165) is 21.2 Å². The lowest BCUT2D eigenvalue weighted by Crippen LogP contribution is -2.25. The molecule has 1 aliphatic rings. The van der Waals surface area contributed by atoms with Crippen molar-refractivity contribution in [2.24, 2.45) is 0 Å². The van der Waals surface area contributed by atoms with Gasteiger partial charge in [0.2, 0.25) is 5.91 Å². The van der Waals surface area contributed by atoms with E-state index in [0.29, 0.717) is 0 Å². The van der Waals surface area contributed by atoms with E-state index in [-0.39, 0.29) is 5.91 Å². The van der Waals surface area contributed by atoms with Gasteiger partial charge >= 0.3 is 0 Å². The van der Waals surface area contributed by atoms with Gasteiger partial charge in [-0.05, 0) is 36.8 Å². The Morgan fingerprint density at radius 3 is 2.56 bits per heavy atom. The fraction of sp³-hybridized carbons (Fsp3) is 0.133. The van der Waals surface area contributed by atoms with Gasteiger partial charge in [0.05, 0.1) is 11.4 Å². The number of hydrogen-bond acceptors (Lipinski definition) is 2. The van der Waals surface area contributed by atoms with Crippen molar-refractivity contribution in [2.45, 2.75) is 23.6 Å². The van der Waals surface area contributed by atoms with E-state index < -0.39 is 0 Å². The van der Waals surface area contributed by atoms with Crippen LogP contribution < -0.4 is 4.90 Å². The molecule has 0 aliphatic carbocycles. The third-order valence-electron chi connectivity index (χ3n) is 3.00. The van der Waals surface area contributed by atoms with E-state index in [1.165, 1.54) is 5.56 Å². The van der Waals surface area contributed by atoms with Crippen LogP contribution in [0.3, 0.4) is 0 Å². The van der Waals surface area contributed by atoms with Crippen LogP contribution >= 0.6 is 11.8 Å². The molecule has 0 spiro atoms. The summed E-state index contributed by atoms with van der Waals surface area (Å²) in [7, 11) is 0. The maximum absolute atomic E-state index is 11.9. The minimum Gasteiger partial charge on any atom is -0.279 e. The topological polar surface area (TPSA) is 20.3 Å². The van der Waals surface area contributed by atoms with Gasteiger partial charge in [-0.2, -0.15) is 0 Å². The molecular weight excluding hydrogens is 242 g/mol. The fourth-order valence-electron chi connectivity index (χ4n) is 2.20. The summed E-state index contributed by atoms with van der Waals surface area (Å²) in [4.78, 5) is 16.0. The molecule has 1 heterocycles. The van der Waals surface area contributed by atoms with Crippen molar-refractivity contribution < 1.29 is 4.79 Å². The summed E-state index contributed by atoms with van der Waals surface area (Å²) in [5.74, 6) is 0.0489. The zero-order chi connectivity index (χ0) is 12.7. The van der Waals surface area contributed by atoms with Gasteiger partial charge in [-0.1, -0.05) is 30.0 Å². The van der Waals surface area contributed by atoms with Crippen molar-refractivity contribution in [1.29, 1.82) is 0 Å². The molecule has 2 aromatic carbocycles. The zero-order valence-electron chi connectivity index (χ0n) is 10.3. The highest BCUT2D eigenvalue weighted by atomic mass is 32.2. The molecule has 3 heteroatoms. The summed E-state index contributed by atoms with van der Waals surface area (Å²) >= 11 is 1.72. The first-order valence-electron chi connectivity index (χ1n) is 5.85. The highest BCUT2D eigenvalue weighted by Crippen LogP contribution is 2.48. The van der Waals surface area contributed by atoms with Gasteiger partial charge in [-0.15, -0.1) is 0 Å². The van der Waals surface area contributed by atoms with E-state index in [4.69, 9.17) is 0 Å². The zero-order valence-corrected chi connectivity index (χ0v) is 11.1. The summed E-state index contributed by atoms with van der Waals surface area (Å²) in [5.41, 5.74) is 3.17. The summed E-state index contributed by atoms with van der Waals surface area (Å²) < 4.78 is 0. The van der Waals surface area contributed by atoms with Crippen LogP contribution in [0.5, 0.6) is 0 Å². The van der Waals surface area contributed by atoms with Gasteiger partial charge < -0.3 is 0 Å². The van der Waals surface area contributed by atoms with Crippen LogP contribution in [0.4, 0.5) is 11.4 Å². The first-order chi connectivity index (χ1) is 8.66. The Kier molecular flexibility index (Phi) is 2.63. The van der Waals surface area contributed by atoms with Crippen molar-refractivity contribution in [3.8, 4) is 0 Å². The molecule has 2 nitrogen and oxygen atoms in total. The Morgan fingerprint density at radius 2 is 1.78 bits per heavy atom. The molecule has 1 amide bonds. The molecule has 1 aliphatic heterocycles. The predicted molar refractivity (Wildman–Crippen MR) is 74.6 cm³/mol. The van der Waals surface area contributed by atoms with Crippen molar-refractivity contribution in [3.05, 3.63) is 48.0 Å². The minimum absolute atomic E-state index is 0.0489. The lowest BCUT2D eigenvalue weighted by atomic mass is 10.2. The lowest BCUT2D eigenvalue weighted by Gasteiger charge is -2.30. The van der Waals surface area contributed by atoms with Crippen molar-refractivity contribution in [1.82, 2.24) is 0 Å². The quantitative estimate of drug-likeness (QED) is 0.705. The molecule has 90 valence electrons. The Hall–Kier alpha value is -1.74. The van der Waals surface area contributed by atoms with E-state index in [1.54, 1.807) is 23.6 Å². The van der Waals surface area contributed by atoms with E-state index in [1.807, 2.05) is 30.3 Å². The van der Waals surface area contributed by atoms with Gasteiger partial charge in [0.25, 0.3) is 0 Å². The third-order valence-corrected chi connectivity index (χ3v) is 4.11. The first-order valence-corrected chi connectivity index (χ1v) is 6.67. The van der Waals surface area contributed by atoms with Crippen molar-refractivity contribution in [2.75, 3.05) is 4.90 Å². The van der Waals surface area contributed by atoms with Crippen molar-refractivity contribution >= 4 is 29.0 Å². The van der Waals surface area contributed by atoms with Crippen molar-refractivity contribution in [3.63, 3.8) is 0 Å². The molecule has 0 bridgehead atoms. The summed E-state index contributed by atoms with van der Waals surface area (Å²) in [6.07, 6.45) is 0. The van der Waals surface area contributed by atoms with Gasteiger partial charge in [-0.25, -0.2) is 0 Å². The number of benzene rings is 2. The normalized spacial score (nSPS) is 12.9. The monoisotopic (exact) mass is 255 g/mol. The number of fused-ring (bicyclic) bond motifs is 2. The minimum atomic E-state index is 0.0489. The average Bonchev–Trinajstić information content (AvgIpc) is 2.35. The maximum Gasteiger partial charge on any atom is 0.228 e. The molecule has 0 saturated carbocycles. The first kappa shape index (κ1) is 11.4. The molecule has 0 N–H and O–H groups in total. The van der Waals surface area contributed by atoms with E-state index in [9.17, 15) is 4.79 Å². The van der Waals surface area contributed by atoms with Crippen LogP contribution in [0.25, 0.3) is 0 Å². The van der Waals surface area contributed by atoms with E-state index >= 15 is 0 Å². The second kappa shape index (κ2) is 4.18.